The van der Waals surface area contributed by atoms with Gasteiger partial charge in [0.2, 0.25) is 0 Å². The number of benzene rings is 4. The molecule has 7 fully saturated rings. The van der Waals surface area contributed by atoms with Crippen LogP contribution >= 0.6 is 15.9 Å². The maximum Gasteiger partial charge on any atom is 1.00 e. The van der Waals surface area contributed by atoms with Gasteiger partial charge in [-0.2, -0.15) is 5.26 Å². The number of aldehydes is 1. The van der Waals surface area contributed by atoms with Crippen molar-refractivity contribution in [2.75, 3.05) is 72.6 Å². The first kappa shape index (κ1) is 83.7. The summed E-state index contributed by atoms with van der Waals surface area (Å²) in [6.07, 6.45) is 32.0. The molecule has 516 valence electrons. The Labute approximate surface area is 589 Å². The van der Waals surface area contributed by atoms with Crippen molar-refractivity contribution < 1.29 is 88.9 Å². The fourth-order valence-electron chi connectivity index (χ4n) is 11.7. The molecule has 0 bridgehead atoms. The molecule has 2 unspecified atom stereocenters. The van der Waals surface area contributed by atoms with Gasteiger partial charge in [-0.1, -0.05) is 161 Å². The van der Waals surface area contributed by atoms with Crippen LogP contribution in [0.5, 0.6) is 23.0 Å². The van der Waals surface area contributed by atoms with Gasteiger partial charge in [0.05, 0.1) is 34.6 Å². The van der Waals surface area contributed by atoms with E-state index in [1.807, 2.05) is 54.6 Å². The molecule has 4 saturated carbocycles. The van der Waals surface area contributed by atoms with Crippen LogP contribution in [-0.2, 0) is 14.2 Å². The third-order valence-electron chi connectivity index (χ3n) is 17.4. The van der Waals surface area contributed by atoms with Crippen molar-refractivity contribution >= 4 is 39.6 Å². The van der Waals surface area contributed by atoms with Crippen LogP contribution in [0.1, 0.15) is 234 Å². The Morgan fingerprint density at radius 1 is 0.473 bits per heavy atom. The van der Waals surface area contributed by atoms with Crippen LogP contribution < -0.4 is 43.5 Å². The number of nitrogens with two attached hydrogens (primary N) is 1. The zero-order valence-electron chi connectivity index (χ0n) is 56.5. The summed E-state index contributed by atoms with van der Waals surface area (Å²) < 4.78 is 38.6. The predicted molar refractivity (Wildman–Crippen MR) is 372 cm³/mol. The molecule has 11 rings (SSSR count). The summed E-state index contributed by atoms with van der Waals surface area (Å²) in [7, 11) is 0. The number of carbonyl (C=O) groups is 1. The number of nitrogens with zero attached hydrogens (tertiary/aromatic N) is 1. The summed E-state index contributed by atoms with van der Waals surface area (Å²) in [6.45, 7) is 7.76. The molecule has 19 heteroatoms. The van der Waals surface area contributed by atoms with Crippen LogP contribution in [0, 0.1) is 11.3 Å². The van der Waals surface area contributed by atoms with Gasteiger partial charge in [0.15, 0.2) is 23.5 Å². The van der Waals surface area contributed by atoms with E-state index >= 15 is 0 Å². The van der Waals surface area contributed by atoms with Crippen molar-refractivity contribution in [1.82, 2.24) is 0 Å². The van der Waals surface area contributed by atoms with Crippen LogP contribution in [0.3, 0.4) is 0 Å². The van der Waals surface area contributed by atoms with Crippen LogP contribution in [0.4, 0.5) is 0 Å². The van der Waals surface area contributed by atoms with E-state index in [1.54, 1.807) is 48.5 Å². The normalized spacial score (nSPS) is 19.8. The minimum atomic E-state index is -1.14. The van der Waals surface area contributed by atoms with Crippen molar-refractivity contribution in [3.8, 4) is 29.1 Å². The number of nitriles is 1. The average molecular weight is 1370 g/mol. The van der Waals surface area contributed by atoms with Gasteiger partial charge < -0.3 is 71.0 Å². The zero-order valence-corrected chi connectivity index (χ0v) is 57.1. The molecule has 4 aromatic carbocycles. The largest absolute Gasteiger partial charge is 1.00 e. The van der Waals surface area contributed by atoms with Gasteiger partial charge in [-0.25, -0.2) is 0 Å². The number of hydrogen-bond donors (Lipinski definition) is 7. The predicted octanol–water partition coefficient (Wildman–Crippen LogP) is 10.4. The maximum absolute atomic E-state index is 10.7. The first-order valence-electron chi connectivity index (χ1n) is 34.3. The molecule has 93 heavy (non-hydrogen) atoms. The number of rotatable bonds is 17. The number of carbonyl (C=O) groups excluding carboxylic acids is 1. The van der Waals surface area contributed by atoms with E-state index in [0.29, 0.717) is 61.2 Å². The van der Waals surface area contributed by atoms with Crippen LogP contribution in [0.2, 0.25) is 0 Å². The molecule has 0 aromatic heterocycles. The Hall–Kier alpha value is -3.55. The van der Waals surface area contributed by atoms with Crippen molar-refractivity contribution in [2.24, 2.45) is 5.73 Å². The summed E-state index contributed by atoms with van der Waals surface area (Å²) in [5.41, 5.74) is 4.61. The van der Waals surface area contributed by atoms with E-state index < -0.39 is 34.6 Å². The molecular weight excluding hydrogens is 1250 g/mol. The maximum atomic E-state index is 10.7. The monoisotopic (exact) mass is 1370 g/mol. The second kappa shape index (κ2) is 49.0. The average Bonchev–Trinajstić information content (AvgIpc) is 1.74. The Balaban J connectivity index is 0.000000392. The first-order chi connectivity index (χ1) is 44.2. The SMILES string of the molecule is C1CCOC1.C1CCOC1.C1CCOC1.N#CC(O)c1cccc(OCC2(O)CCCCCC2)c1.NCCC(O)c1cccc(OCC2(O)CCCCCC2)c1.O=Cc1cccc(OCC2(O)CCCCCC2)c1.OC1(COc2cccc(Br)c2)CCCCCC1.[AlH3].[H-].[Li+]. The van der Waals surface area contributed by atoms with E-state index in [0.717, 1.165) is 164 Å². The van der Waals surface area contributed by atoms with Gasteiger partial charge >= 0.3 is 18.9 Å². The molecule has 3 heterocycles. The Bertz CT molecular complexity index is 2530. The zero-order chi connectivity index (χ0) is 65.1. The summed E-state index contributed by atoms with van der Waals surface area (Å²) in [4.78, 5) is 10.7. The van der Waals surface area contributed by atoms with E-state index in [9.17, 15) is 35.4 Å². The molecule has 0 amide bonds. The van der Waals surface area contributed by atoms with Crippen LogP contribution in [0.15, 0.2) is 102 Å². The molecule has 0 spiro atoms. The van der Waals surface area contributed by atoms with E-state index in [2.05, 4.69) is 15.9 Å². The molecule has 3 saturated heterocycles. The topological polar surface area (TPSA) is 253 Å². The molecule has 16 nitrogen and oxygen atoms in total. The second-order valence-corrected chi connectivity index (χ2v) is 26.5. The number of ether oxygens (including phenoxy) is 7. The summed E-state index contributed by atoms with van der Waals surface area (Å²) in [5, 5.41) is 70.1. The van der Waals surface area contributed by atoms with Crippen LogP contribution in [-0.4, -0.2) is 149 Å². The van der Waals surface area contributed by atoms with E-state index in [-0.39, 0.29) is 44.3 Å². The Kier molecular flexibility index (Phi) is 44.1. The van der Waals surface area contributed by atoms with Crippen molar-refractivity contribution in [3.05, 3.63) is 118 Å². The molecule has 8 N–H and O–H groups in total. The fourth-order valence-corrected chi connectivity index (χ4v) is 12.1. The Morgan fingerprint density at radius 3 is 1.08 bits per heavy atom. The summed E-state index contributed by atoms with van der Waals surface area (Å²) in [6, 6.07) is 30.8. The molecule has 7 aliphatic rings. The van der Waals surface area contributed by atoms with Gasteiger partial charge in [-0.3, -0.25) is 4.79 Å². The Morgan fingerprint density at radius 2 is 0.774 bits per heavy atom. The smallest absolute Gasteiger partial charge is 1.00 e. The third kappa shape index (κ3) is 36.6. The van der Waals surface area contributed by atoms with Gasteiger partial charge in [-0.15, -0.1) is 0 Å². The fraction of sp³-hybridized carbons (Fsp3) is 0.649. The molecular formula is C74H115AlBrLiN2O14. The van der Waals surface area contributed by atoms with Crippen molar-refractivity contribution in [3.63, 3.8) is 0 Å². The van der Waals surface area contributed by atoms with Crippen LogP contribution in [0.25, 0.3) is 0 Å². The number of halogens is 1. The second-order valence-electron chi connectivity index (χ2n) is 25.6. The molecule has 0 radical (unpaired) electrons. The molecule has 3 aliphatic heterocycles. The van der Waals surface area contributed by atoms with Crippen molar-refractivity contribution in [2.45, 2.75) is 234 Å². The van der Waals surface area contributed by atoms with Gasteiger partial charge in [0.25, 0.3) is 0 Å². The molecule has 4 aromatic rings. The minimum Gasteiger partial charge on any atom is -1.00 e. The number of aliphatic hydroxyl groups is 6. The quantitative estimate of drug-likeness (QED) is 0.0225. The minimum absolute atomic E-state index is 0. The first-order valence-corrected chi connectivity index (χ1v) is 35.1. The summed E-state index contributed by atoms with van der Waals surface area (Å²) in [5.74, 6) is 2.74. The number of aliphatic hydroxyl groups excluding tert-OH is 2. The molecule has 2 atom stereocenters. The molecule has 4 aliphatic carbocycles. The standard InChI is InChI=1S/C17H27NO3.C16H21NO3.C15H20O3.C14H19BrO2.3C4H8O.Al.Li.4H/c18-11-8-16(19)14-6-5-7-15(12-14)21-13-17(20)9-3-1-2-4-10-17;17-11-15(18)13-6-5-7-14(10-13)20-12-16(19)8-3-1-2-4-9-16;16-11-13-6-5-7-14(10-13)18-12-15(17)8-3-1-2-4-9-15;15-12-6-5-7-13(10-12)17-11-14(16)8-3-1-2-4-9-14;3*1-2-4-5-3-1;;;;;;/h5-7,12,16,19-20H,1-4,8-11,13,18H2;5-7,10,15,18-19H,1-4,8-9,12H2;5-7,10-11,17H,1-4,8-9,12H2;5-7,10,16H,1-4,8-9,11H2;3*1-4H2;;;;;;/q;;;;;;;;+1;;;;-1. The van der Waals surface area contributed by atoms with Crippen molar-refractivity contribution in [1.29, 1.82) is 5.26 Å². The van der Waals surface area contributed by atoms with Gasteiger partial charge in [0, 0.05) is 49.7 Å². The van der Waals surface area contributed by atoms with E-state index in [1.165, 1.54) is 89.9 Å². The number of hydrogen-bond acceptors (Lipinski definition) is 16. The summed E-state index contributed by atoms with van der Waals surface area (Å²) >= 11 is 3.41. The third-order valence-corrected chi connectivity index (χ3v) is 17.9. The van der Waals surface area contributed by atoms with Gasteiger partial charge in [0.1, 0.15) is 55.7 Å². The van der Waals surface area contributed by atoms with E-state index in [4.69, 9.17) is 44.2 Å². The van der Waals surface area contributed by atoms with Gasteiger partial charge in [-0.05, 0) is 169 Å².